The minimum absolute atomic E-state index is 0.223. The number of hydrogen-bond acceptors (Lipinski definition) is 4. The first-order valence-corrected chi connectivity index (χ1v) is 6.23. The van der Waals surface area contributed by atoms with E-state index in [4.69, 9.17) is 13.9 Å². The molecule has 0 spiro atoms. The summed E-state index contributed by atoms with van der Waals surface area (Å²) < 4.78 is 16.4. The van der Waals surface area contributed by atoms with Crippen LogP contribution in [0.5, 0.6) is 17.2 Å². The fraction of sp³-hybridized carbons (Fsp3) is 0.125. The molecular weight excluding hydrogens is 256 g/mol. The summed E-state index contributed by atoms with van der Waals surface area (Å²) in [5.41, 5.74) is 0.733. The molecule has 0 fully saturated rings. The number of phenols is 1. The third kappa shape index (κ3) is 2.54. The van der Waals surface area contributed by atoms with Crippen molar-refractivity contribution in [2.75, 3.05) is 7.11 Å². The molecule has 1 aromatic heterocycles. The van der Waals surface area contributed by atoms with Crippen LogP contribution >= 0.6 is 0 Å². The zero-order chi connectivity index (χ0) is 13.9. The van der Waals surface area contributed by atoms with Crippen molar-refractivity contribution < 1.29 is 19.0 Å². The third-order valence-electron chi connectivity index (χ3n) is 2.99. The van der Waals surface area contributed by atoms with E-state index in [-0.39, 0.29) is 5.75 Å². The summed E-state index contributed by atoms with van der Waals surface area (Å²) in [5.74, 6) is 2.47. The van der Waals surface area contributed by atoms with Crippen molar-refractivity contribution >= 4 is 11.0 Å². The molecule has 0 bridgehead atoms. The molecule has 0 saturated carbocycles. The van der Waals surface area contributed by atoms with Crippen LogP contribution in [0.25, 0.3) is 11.0 Å². The van der Waals surface area contributed by atoms with Gasteiger partial charge in [-0.2, -0.15) is 0 Å². The highest BCUT2D eigenvalue weighted by molar-refractivity contribution is 5.79. The van der Waals surface area contributed by atoms with Gasteiger partial charge in [-0.15, -0.1) is 0 Å². The quantitative estimate of drug-likeness (QED) is 0.785. The average molecular weight is 270 g/mol. The molecule has 1 N–H and O–H groups in total. The molecule has 4 heteroatoms. The van der Waals surface area contributed by atoms with Crippen LogP contribution in [-0.2, 0) is 6.61 Å². The maximum absolute atomic E-state index is 9.41. The molecule has 0 unspecified atom stereocenters. The predicted molar refractivity (Wildman–Crippen MR) is 75.2 cm³/mol. The van der Waals surface area contributed by atoms with Gasteiger partial charge in [-0.25, -0.2) is 0 Å². The first-order chi connectivity index (χ1) is 9.74. The number of furan rings is 1. The molecule has 0 aliphatic carbocycles. The molecular formula is C16H14O4. The lowest BCUT2D eigenvalue weighted by molar-refractivity contribution is 0.274. The van der Waals surface area contributed by atoms with Crippen molar-refractivity contribution in [3.05, 3.63) is 54.3 Å². The summed E-state index contributed by atoms with van der Waals surface area (Å²) in [6, 6.07) is 14.2. The molecule has 1 heterocycles. The monoisotopic (exact) mass is 270 g/mol. The molecule has 2 aromatic carbocycles. The molecule has 102 valence electrons. The second-order valence-corrected chi connectivity index (χ2v) is 4.40. The Labute approximate surface area is 116 Å². The first-order valence-electron chi connectivity index (χ1n) is 6.23. The summed E-state index contributed by atoms with van der Waals surface area (Å²) in [4.78, 5) is 0. The molecule has 0 aliphatic rings. The van der Waals surface area contributed by atoms with Crippen molar-refractivity contribution in [1.29, 1.82) is 0 Å². The third-order valence-corrected chi connectivity index (χ3v) is 2.99. The molecule has 0 radical (unpaired) electrons. The van der Waals surface area contributed by atoms with Gasteiger partial charge in [0.25, 0.3) is 0 Å². The highest BCUT2D eigenvalue weighted by atomic mass is 16.5. The Kier molecular flexibility index (Phi) is 3.21. The van der Waals surface area contributed by atoms with Crippen molar-refractivity contribution in [3.8, 4) is 17.2 Å². The molecule has 3 aromatic rings. The number of phenolic OH excluding ortho intramolecular Hbond substituents is 1. The molecule has 0 atom stereocenters. The van der Waals surface area contributed by atoms with E-state index in [0.717, 1.165) is 22.5 Å². The SMILES string of the molecule is COc1ccc(OCc2cc3cc(O)ccc3o2)cc1. The largest absolute Gasteiger partial charge is 0.508 e. The van der Waals surface area contributed by atoms with Crippen molar-refractivity contribution in [2.45, 2.75) is 6.61 Å². The summed E-state index contributed by atoms with van der Waals surface area (Å²) in [5, 5.41) is 10.3. The summed E-state index contributed by atoms with van der Waals surface area (Å²) in [7, 11) is 1.62. The zero-order valence-corrected chi connectivity index (χ0v) is 11.0. The number of ether oxygens (including phenoxy) is 2. The van der Waals surface area contributed by atoms with Crippen LogP contribution in [0.3, 0.4) is 0 Å². The molecule has 3 rings (SSSR count). The van der Waals surface area contributed by atoms with Gasteiger partial charge >= 0.3 is 0 Å². The number of aromatic hydroxyl groups is 1. The fourth-order valence-corrected chi connectivity index (χ4v) is 1.98. The summed E-state index contributed by atoms with van der Waals surface area (Å²) in [6.07, 6.45) is 0. The molecule has 0 saturated heterocycles. The van der Waals surface area contributed by atoms with Crippen molar-refractivity contribution in [1.82, 2.24) is 0 Å². The number of methoxy groups -OCH3 is 1. The van der Waals surface area contributed by atoms with Crippen molar-refractivity contribution in [3.63, 3.8) is 0 Å². The van der Waals surface area contributed by atoms with E-state index < -0.39 is 0 Å². The summed E-state index contributed by atoms with van der Waals surface area (Å²) >= 11 is 0. The van der Waals surface area contributed by atoms with Crippen LogP contribution in [0.15, 0.2) is 52.9 Å². The van der Waals surface area contributed by atoms with Gasteiger partial charge in [0.05, 0.1) is 7.11 Å². The van der Waals surface area contributed by atoms with E-state index in [2.05, 4.69) is 0 Å². The smallest absolute Gasteiger partial charge is 0.146 e. The van der Waals surface area contributed by atoms with Gasteiger partial charge in [0.1, 0.15) is 35.2 Å². The lowest BCUT2D eigenvalue weighted by atomic mass is 10.2. The second-order valence-electron chi connectivity index (χ2n) is 4.40. The topological polar surface area (TPSA) is 51.8 Å². The second kappa shape index (κ2) is 5.17. The average Bonchev–Trinajstić information content (AvgIpc) is 2.87. The van der Waals surface area contributed by atoms with E-state index in [1.807, 2.05) is 30.3 Å². The van der Waals surface area contributed by atoms with Gasteiger partial charge in [0.2, 0.25) is 0 Å². The van der Waals surface area contributed by atoms with E-state index in [1.54, 1.807) is 25.3 Å². The standard InChI is InChI=1S/C16H14O4/c1-18-13-3-5-14(6-4-13)19-10-15-9-11-8-12(17)2-7-16(11)20-15/h2-9,17H,10H2,1H3. The van der Waals surface area contributed by atoms with E-state index in [1.165, 1.54) is 0 Å². The van der Waals surface area contributed by atoms with Crippen LogP contribution in [-0.4, -0.2) is 12.2 Å². The van der Waals surface area contributed by atoms with Crippen molar-refractivity contribution in [2.24, 2.45) is 0 Å². The van der Waals surface area contributed by atoms with Crippen LogP contribution in [0, 0.1) is 0 Å². The molecule has 4 nitrogen and oxygen atoms in total. The molecule has 0 aliphatic heterocycles. The van der Waals surface area contributed by atoms with Gasteiger partial charge in [-0.05, 0) is 48.5 Å². The minimum Gasteiger partial charge on any atom is -0.508 e. The van der Waals surface area contributed by atoms with E-state index in [9.17, 15) is 5.11 Å². The number of benzene rings is 2. The zero-order valence-electron chi connectivity index (χ0n) is 11.0. The molecule has 20 heavy (non-hydrogen) atoms. The highest BCUT2D eigenvalue weighted by Gasteiger charge is 2.05. The van der Waals surface area contributed by atoms with Crippen LogP contribution < -0.4 is 9.47 Å². The minimum atomic E-state index is 0.223. The van der Waals surface area contributed by atoms with Gasteiger partial charge in [0, 0.05) is 5.39 Å². The summed E-state index contributed by atoms with van der Waals surface area (Å²) in [6.45, 7) is 0.335. The number of rotatable bonds is 4. The Morgan fingerprint density at radius 2 is 1.75 bits per heavy atom. The highest BCUT2D eigenvalue weighted by Crippen LogP contribution is 2.25. The first kappa shape index (κ1) is 12.4. The van der Waals surface area contributed by atoms with Gasteiger partial charge in [-0.3, -0.25) is 0 Å². The lowest BCUT2D eigenvalue weighted by Gasteiger charge is -2.05. The number of fused-ring (bicyclic) bond motifs is 1. The van der Waals surface area contributed by atoms with E-state index in [0.29, 0.717) is 12.4 Å². The maximum atomic E-state index is 9.41. The Morgan fingerprint density at radius 3 is 2.50 bits per heavy atom. The number of hydrogen-bond donors (Lipinski definition) is 1. The van der Waals surface area contributed by atoms with Crippen LogP contribution in [0.4, 0.5) is 0 Å². The normalized spacial score (nSPS) is 10.7. The van der Waals surface area contributed by atoms with Gasteiger partial charge < -0.3 is 19.0 Å². The fourth-order valence-electron chi connectivity index (χ4n) is 1.98. The Bertz CT molecular complexity index is 713. The van der Waals surface area contributed by atoms with Gasteiger partial charge in [-0.1, -0.05) is 0 Å². The lowest BCUT2D eigenvalue weighted by Crippen LogP contribution is -1.93. The predicted octanol–water partition coefficient (Wildman–Crippen LogP) is 3.73. The maximum Gasteiger partial charge on any atom is 0.146 e. The Balaban J connectivity index is 1.72. The van der Waals surface area contributed by atoms with Gasteiger partial charge in [0.15, 0.2) is 0 Å². The molecule has 0 amide bonds. The van der Waals surface area contributed by atoms with Crippen LogP contribution in [0.1, 0.15) is 5.76 Å². The van der Waals surface area contributed by atoms with E-state index >= 15 is 0 Å². The van der Waals surface area contributed by atoms with Crippen LogP contribution in [0.2, 0.25) is 0 Å². The Morgan fingerprint density at radius 1 is 1.00 bits per heavy atom. The Hall–Kier alpha value is -2.62.